The summed E-state index contributed by atoms with van der Waals surface area (Å²) in [7, 11) is 1.56. The molecular formula is C28H29FN4O5. The number of cyclic esters (lactones) is 1. The quantitative estimate of drug-likeness (QED) is 0.437. The van der Waals surface area contributed by atoms with E-state index in [1.807, 2.05) is 19.1 Å². The molecule has 1 amide bonds. The molecule has 1 aromatic heterocycles. The molecule has 0 bridgehead atoms. The Balaban J connectivity index is 1.51. The molecule has 2 aromatic carbocycles. The van der Waals surface area contributed by atoms with Crippen molar-refractivity contribution in [3.8, 4) is 16.9 Å². The van der Waals surface area contributed by atoms with Gasteiger partial charge in [0, 0.05) is 36.8 Å². The predicted octanol–water partition coefficient (Wildman–Crippen LogP) is 4.60. The van der Waals surface area contributed by atoms with Crippen LogP contribution in [0.3, 0.4) is 0 Å². The summed E-state index contributed by atoms with van der Waals surface area (Å²) in [5.74, 6) is -0.103. The highest BCUT2D eigenvalue weighted by atomic mass is 19.1. The first kappa shape index (κ1) is 25.4. The molecule has 9 nitrogen and oxygen atoms in total. The molecule has 10 heteroatoms. The number of carbonyl (C=O) groups excluding carboxylic acids is 1. The first-order valence-corrected chi connectivity index (χ1v) is 12.6. The Morgan fingerprint density at radius 2 is 2.03 bits per heavy atom. The number of carboxylic acid groups (broad SMARTS) is 1. The van der Waals surface area contributed by atoms with E-state index < -0.39 is 24.0 Å². The van der Waals surface area contributed by atoms with Gasteiger partial charge >= 0.3 is 12.1 Å². The van der Waals surface area contributed by atoms with Crippen LogP contribution in [-0.4, -0.2) is 58.3 Å². The van der Waals surface area contributed by atoms with Gasteiger partial charge in [-0.2, -0.15) is 0 Å². The van der Waals surface area contributed by atoms with Crippen LogP contribution in [-0.2, 0) is 22.5 Å². The van der Waals surface area contributed by atoms with Gasteiger partial charge in [-0.1, -0.05) is 18.2 Å². The van der Waals surface area contributed by atoms with Crippen molar-refractivity contribution in [3.05, 3.63) is 71.3 Å². The molecule has 2 saturated heterocycles. The third kappa shape index (κ3) is 5.11. The van der Waals surface area contributed by atoms with Crippen molar-refractivity contribution in [2.24, 2.45) is 0 Å². The maximum Gasteiger partial charge on any atom is 0.411 e. The first-order valence-electron chi connectivity index (χ1n) is 12.6. The summed E-state index contributed by atoms with van der Waals surface area (Å²) >= 11 is 0. The summed E-state index contributed by atoms with van der Waals surface area (Å²) in [5, 5.41) is 9.13. The van der Waals surface area contributed by atoms with E-state index in [2.05, 4.69) is 9.88 Å². The number of ether oxygens (including phenoxy) is 2. The number of hydrogen-bond donors (Lipinski definition) is 1. The standard InChI is InChI=1S/C28H29FN4O5/c1-17-26(19-5-3-6-20(29)14-19)38-28(36)33(17)16-23-22(15-30-27(31-23)32-11-4-12-32)21-13-18(8-10-25(34)35)7-9-24(21)37-2/h3,5-7,9,13-15,17,26H,4,8,10-12,16H2,1-2H3,(H,34,35). The average molecular weight is 521 g/mol. The summed E-state index contributed by atoms with van der Waals surface area (Å²) in [4.78, 5) is 37.2. The highest BCUT2D eigenvalue weighted by Crippen LogP contribution is 2.37. The van der Waals surface area contributed by atoms with Gasteiger partial charge in [0.25, 0.3) is 0 Å². The van der Waals surface area contributed by atoms with Crippen LogP contribution < -0.4 is 9.64 Å². The highest BCUT2D eigenvalue weighted by Gasteiger charge is 2.40. The van der Waals surface area contributed by atoms with E-state index in [-0.39, 0.29) is 19.0 Å². The number of rotatable bonds is 9. The van der Waals surface area contributed by atoms with Gasteiger partial charge in [0.2, 0.25) is 5.95 Å². The number of anilines is 1. The molecule has 2 aliphatic rings. The number of methoxy groups -OCH3 is 1. The SMILES string of the molecule is COc1ccc(CCC(=O)O)cc1-c1cnc(N2CCC2)nc1CN1C(=O)OC(c2cccc(F)c2)C1C. The highest BCUT2D eigenvalue weighted by molar-refractivity contribution is 5.75. The van der Waals surface area contributed by atoms with Gasteiger partial charge in [-0.15, -0.1) is 0 Å². The molecule has 2 fully saturated rings. The second-order valence-electron chi connectivity index (χ2n) is 9.53. The minimum atomic E-state index is -0.875. The van der Waals surface area contributed by atoms with Crippen LogP contribution >= 0.6 is 0 Å². The lowest BCUT2D eigenvalue weighted by Crippen LogP contribution is -2.39. The Bertz CT molecular complexity index is 1360. The summed E-state index contributed by atoms with van der Waals surface area (Å²) in [5.41, 5.74) is 3.42. The Kier molecular flexibility index (Phi) is 7.13. The predicted molar refractivity (Wildman–Crippen MR) is 137 cm³/mol. The smallest absolute Gasteiger partial charge is 0.411 e. The van der Waals surface area contributed by atoms with Crippen LogP contribution in [0.4, 0.5) is 15.1 Å². The molecule has 2 aliphatic heterocycles. The normalized spacial score (nSPS) is 18.8. The summed E-state index contributed by atoms with van der Waals surface area (Å²) < 4.78 is 25.2. The van der Waals surface area contributed by atoms with Crippen LogP contribution in [0.5, 0.6) is 5.75 Å². The molecule has 0 spiro atoms. The van der Waals surface area contributed by atoms with E-state index in [1.54, 1.807) is 36.4 Å². The number of carboxylic acids is 1. The van der Waals surface area contributed by atoms with Crippen molar-refractivity contribution < 1.29 is 28.6 Å². The van der Waals surface area contributed by atoms with Gasteiger partial charge < -0.3 is 19.5 Å². The summed E-state index contributed by atoms with van der Waals surface area (Å²) in [6.07, 6.45) is 2.02. The Hall–Kier alpha value is -4.21. The number of benzene rings is 2. The number of halogens is 1. The summed E-state index contributed by atoms with van der Waals surface area (Å²) in [6.45, 7) is 3.73. The molecular weight excluding hydrogens is 491 g/mol. The maximum absolute atomic E-state index is 13.9. The van der Waals surface area contributed by atoms with Gasteiger partial charge in [-0.3, -0.25) is 9.69 Å². The van der Waals surface area contributed by atoms with E-state index in [0.29, 0.717) is 40.5 Å². The van der Waals surface area contributed by atoms with Gasteiger partial charge in [0.05, 0.1) is 25.4 Å². The fourth-order valence-electron chi connectivity index (χ4n) is 4.80. The zero-order valence-electron chi connectivity index (χ0n) is 21.3. The van der Waals surface area contributed by atoms with Crippen LogP contribution in [0.2, 0.25) is 0 Å². The Labute approximate surface area is 219 Å². The number of nitrogens with zero attached hydrogens (tertiary/aromatic N) is 4. The molecule has 3 aromatic rings. The van der Waals surface area contributed by atoms with Crippen molar-refractivity contribution in [1.82, 2.24) is 14.9 Å². The van der Waals surface area contributed by atoms with Gasteiger partial charge in [-0.25, -0.2) is 19.2 Å². The van der Waals surface area contributed by atoms with Crippen molar-refractivity contribution in [2.45, 2.75) is 44.9 Å². The molecule has 2 unspecified atom stereocenters. The number of hydrogen-bond acceptors (Lipinski definition) is 7. The van der Waals surface area contributed by atoms with Gasteiger partial charge in [0.1, 0.15) is 17.7 Å². The molecule has 38 heavy (non-hydrogen) atoms. The number of aryl methyl sites for hydroxylation is 1. The fourth-order valence-corrected chi connectivity index (χ4v) is 4.80. The third-order valence-corrected chi connectivity index (χ3v) is 7.06. The fraction of sp³-hybridized carbons (Fsp3) is 0.357. The van der Waals surface area contributed by atoms with Crippen LogP contribution in [0.15, 0.2) is 48.7 Å². The minimum absolute atomic E-state index is 0.00161. The summed E-state index contributed by atoms with van der Waals surface area (Å²) in [6, 6.07) is 11.2. The molecule has 3 heterocycles. The van der Waals surface area contributed by atoms with E-state index in [9.17, 15) is 14.0 Å². The van der Waals surface area contributed by atoms with Crippen molar-refractivity contribution >= 4 is 18.0 Å². The molecule has 2 atom stereocenters. The molecule has 0 aliphatic carbocycles. The average Bonchev–Trinajstić information content (AvgIpc) is 3.15. The van der Waals surface area contributed by atoms with Gasteiger partial charge in [0.15, 0.2) is 0 Å². The van der Waals surface area contributed by atoms with E-state index >= 15 is 0 Å². The largest absolute Gasteiger partial charge is 0.496 e. The minimum Gasteiger partial charge on any atom is -0.496 e. The van der Waals surface area contributed by atoms with E-state index in [4.69, 9.17) is 19.6 Å². The lowest BCUT2D eigenvalue weighted by atomic mass is 9.98. The van der Waals surface area contributed by atoms with Crippen molar-refractivity contribution in [3.63, 3.8) is 0 Å². The Morgan fingerprint density at radius 3 is 2.71 bits per heavy atom. The van der Waals surface area contributed by atoms with Crippen molar-refractivity contribution in [2.75, 3.05) is 25.1 Å². The second kappa shape index (κ2) is 10.6. The zero-order valence-corrected chi connectivity index (χ0v) is 21.3. The molecule has 0 radical (unpaired) electrons. The topological polar surface area (TPSA) is 105 Å². The number of aromatic nitrogens is 2. The lowest BCUT2D eigenvalue weighted by molar-refractivity contribution is -0.136. The zero-order chi connectivity index (χ0) is 26.8. The van der Waals surface area contributed by atoms with Crippen LogP contribution in [0.1, 0.15) is 42.7 Å². The lowest BCUT2D eigenvalue weighted by Gasteiger charge is -2.31. The van der Waals surface area contributed by atoms with E-state index in [1.165, 1.54) is 12.1 Å². The van der Waals surface area contributed by atoms with Crippen LogP contribution in [0, 0.1) is 5.82 Å². The number of carbonyl (C=O) groups is 2. The number of aliphatic carboxylic acids is 1. The molecule has 1 N–H and O–H groups in total. The maximum atomic E-state index is 13.9. The second-order valence-corrected chi connectivity index (χ2v) is 9.53. The first-order chi connectivity index (χ1) is 18.3. The number of amides is 1. The Morgan fingerprint density at radius 1 is 1.21 bits per heavy atom. The van der Waals surface area contributed by atoms with Crippen molar-refractivity contribution in [1.29, 1.82) is 0 Å². The third-order valence-electron chi connectivity index (χ3n) is 7.06. The molecule has 0 saturated carbocycles. The van der Waals surface area contributed by atoms with Gasteiger partial charge in [-0.05, 0) is 55.2 Å². The molecule has 198 valence electrons. The van der Waals surface area contributed by atoms with Crippen LogP contribution in [0.25, 0.3) is 11.1 Å². The monoisotopic (exact) mass is 520 g/mol. The van der Waals surface area contributed by atoms with E-state index in [0.717, 1.165) is 25.1 Å². The molecule has 5 rings (SSSR count).